The van der Waals surface area contributed by atoms with Crippen LogP contribution < -0.4 is 24.2 Å². The monoisotopic (exact) mass is 511 g/mol. The standard InChI is InChI=1S/C26H23F2N3O4S/c1-16-5-8-18(9-6-16)31-24(33)22(14-17-7-10-20(35-26(27)28)21(13-17)34-2)36-25(31)19(15-29)23(32)30-11-3-4-12-30/h5-10,13-14,26H,3-4,11-12H2,1-2H3/b22-14-,25-19-. The summed E-state index contributed by atoms with van der Waals surface area (Å²) in [5.74, 6) is -0.461. The van der Waals surface area contributed by atoms with Crippen molar-refractivity contribution >= 4 is 28.9 Å². The lowest BCUT2D eigenvalue weighted by Crippen LogP contribution is -2.35. The summed E-state index contributed by atoms with van der Waals surface area (Å²) >= 11 is 1.02. The highest BCUT2D eigenvalue weighted by Crippen LogP contribution is 2.29. The molecule has 0 atom stereocenters. The topological polar surface area (TPSA) is 84.6 Å². The fourth-order valence-electron chi connectivity index (χ4n) is 3.96. The Labute approximate surface area is 209 Å². The molecule has 1 fully saturated rings. The molecule has 0 saturated carbocycles. The molecule has 4 rings (SSSR count). The summed E-state index contributed by atoms with van der Waals surface area (Å²) in [6.45, 7) is 0.0356. The van der Waals surface area contributed by atoms with E-state index < -0.39 is 18.1 Å². The van der Waals surface area contributed by atoms with Gasteiger partial charge in [-0.05, 0) is 55.7 Å². The van der Waals surface area contributed by atoms with Gasteiger partial charge in [0.25, 0.3) is 11.5 Å². The third-order valence-corrected chi connectivity index (χ3v) is 6.84. The molecule has 0 unspecified atom stereocenters. The highest BCUT2D eigenvalue weighted by Gasteiger charge is 2.24. The van der Waals surface area contributed by atoms with Crippen molar-refractivity contribution in [1.29, 1.82) is 5.26 Å². The van der Waals surface area contributed by atoms with Crippen molar-refractivity contribution in [2.24, 2.45) is 0 Å². The summed E-state index contributed by atoms with van der Waals surface area (Å²) in [6.07, 6.45) is 3.29. The predicted molar refractivity (Wildman–Crippen MR) is 132 cm³/mol. The van der Waals surface area contributed by atoms with Crippen LogP contribution in [0.25, 0.3) is 17.3 Å². The zero-order valence-electron chi connectivity index (χ0n) is 19.7. The van der Waals surface area contributed by atoms with Crippen molar-refractivity contribution in [3.05, 3.63) is 73.1 Å². The van der Waals surface area contributed by atoms with Gasteiger partial charge in [-0.2, -0.15) is 14.0 Å². The van der Waals surface area contributed by atoms with E-state index >= 15 is 0 Å². The van der Waals surface area contributed by atoms with E-state index in [2.05, 4.69) is 4.74 Å². The van der Waals surface area contributed by atoms with Gasteiger partial charge in [0.15, 0.2) is 17.1 Å². The Morgan fingerprint density at radius 1 is 1.14 bits per heavy atom. The van der Waals surface area contributed by atoms with Gasteiger partial charge in [0.2, 0.25) is 0 Å². The minimum absolute atomic E-state index is 0.0770. The summed E-state index contributed by atoms with van der Waals surface area (Å²) in [6, 6.07) is 13.5. The smallest absolute Gasteiger partial charge is 0.387 e. The second-order valence-electron chi connectivity index (χ2n) is 8.17. The first-order chi connectivity index (χ1) is 17.3. The molecular weight excluding hydrogens is 488 g/mol. The Hall–Kier alpha value is -3.97. The molecule has 1 aromatic heterocycles. The van der Waals surface area contributed by atoms with Gasteiger partial charge in [-0.1, -0.05) is 23.8 Å². The molecule has 1 amide bonds. The SMILES string of the molecule is COc1cc(/C=c2\s/c(=C(/C#N)C(=O)N3CCCC3)n(-c3ccc(C)cc3)c2=O)ccc1OC(F)F. The van der Waals surface area contributed by atoms with Gasteiger partial charge in [-0.3, -0.25) is 14.2 Å². The van der Waals surface area contributed by atoms with Gasteiger partial charge < -0.3 is 14.4 Å². The zero-order chi connectivity index (χ0) is 25.8. The van der Waals surface area contributed by atoms with Crippen LogP contribution in [0.15, 0.2) is 47.3 Å². The Kier molecular flexibility index (Phi) is 7.50. The number of amides is 1. The van der Waals surface area contributed by atoms with E-state index in [0.717, 1.165) is 29.7 Å². The van der Waals surface area contributed by atoms with Crippen LogP contribution in [-0.2, 0) is 4.79 Å². The number of nitrogens with zero attached hydrogens (tertiary/aromatic N) is 3. The van der Waals surface area contributed by atoms with Crippen LogP contribution in [-0.4, -0.2) is 42.2 Å². The third kappa shape index (κ3) is 5.16. The molecule has 0 N–H and O–H groups in total. The number of aryl methyl sites for hydroxylation is 1. The van der Waals surface area contributed by atoms with Gasteiger partial charge in [0.1, 0.15) is 10.7 Å². The van der Waals surface area contributed by atoms with Crippen molar-refractivity contribution < 1.29 is 23.0 Å². The Morgan fingerprint density at radius 3 is 2.44 bits per heavy atom. The maximum atomic E-state index is 13.6. The molecule has 1 aliphatic heterocycles. The third-order valence-electron chi connectivity index (χ3n) is 5.75. The number of methoxy groups -OCH3 is 1. The molecular formula is C26H23F2N3O4S. The van der Waals surface area contributed by atoms with Crippen molar-refractivity contribution in [3.8, 4) is 23.3 Å². The molecule has 1 aliphatic rings. The number of nitriles is 1. The number of likely N-dealkylation sites (tertiary alicyclic amines) is 1. The predicted octanol–water partition coefficient (Wildman–Crippen LogP) is 2.94. The van der Waals surface area contributed by atoms with E-state index in [-0.39, 0.29) is 26.3 Å². The number of thiazole rings is 1. The molecule has 36 heavy (non-hydrogen) atoms. The number of halogens is 2. The first-order valence-electron chi connectivity index (χ1n) is 11.2. The first-order valence-corrected chi connectivity index (χ1v) is 12.0. The fraction of sp³-hybridized carbons (Fsp3) is 0.269. The van der Waals surface area contributed by atoms with Crippen LogP contribution >= 0.6 is 11.3 Å². The van der Waals surface area contributed by atoms with Gasteiger partial charge in [-0.15, -0.1) is 11.3 Å². The molecule has 0 aliphatic carbocycles. The van der Waals surface area contributed by atoms with E-state index in [4.69, 9.17) is 4.74 Å². The molecule has 7 nitrogen and oxygen atoms in total. The summed E-state index contributed by atoms with van der Waals surface area (Å²) in [7, 11) is 1.32. The van der Waals surface area contributed by atoms with Crippen LogP contribution in [0.1, 0.15) is 24.0 Å². The molecule has 1 saturated heterocycles. The van der Waals surface area contributed by atoms with E-state index in [1.807, 2.05) is 25.1 Å². The molecule has 0 spiro atoms. The van der Waals surface area contributed by atoms with Crippen LogP contribution in [0.3, 0.4) is 0 Å². The van der Waals surface area contributed by atoms with Gasteiger partial charge in [0.05, 0.1) is 17.3 Å². The highest BCUT2D eigenvalue weighted by molar-refractivity contribution is 7.07. The van der Waals surface area contributed by atoms with E-state index in [1.54, 1.807) is 23.1 Å². The zero-order valence-corrected chi connectivity index (χ0v) is 20.5. The average molecular weight is 512 g/mol. The van der Waals surface area contributed by atoms with Crippen LogP contribution in [0.4, 0.5) is 8.78 Å². The molecule has 0 bridgehead atoms. The second kappa shape index (κ2) is 10.7. The van der Waals surface area contributed by atoms with Crippen LogP contribution in [0.5, 0.6) is 11.5 Å². The number of hydrogen-bond donors (Lipinski definition) is 0. The van der Waals surface area contributed by atoms with E-state index in [1.165, 1.54) is 29.9 Å². The number of aromatic nitrogens is 1. The van der Waals surface area contributed by atoms with Gasteiger partial charge in [0, 0.05) is 13.1 Å². The highest BCUT2D eigenvalue weighted by atomic mass is 32.1. The molecule has 0 radical (unpaired) electrons. The number of carbonyl (C=O) groups is 1. The first kappa shape index (κ1) is 25.1. The summed E-state index contributed by atoms with van der Waals surface area (Å²) in [5, 5.41) is 9.94. The minimum Gasteiger partial charge on any atom is -0.493 e. The lowest BCUT2D eigenvalue weighted by atomic mass is 10.2. The fourth-order valence-corrected chi connectivity index (χ4v) is 5.06. The number of ether oxygens (including phenoxy) is 2. The molecule has 10 heteroatoms. The van der Waals surface area contributed by atoms with Gasteiger partial charge in [-0.25, -0.2) is 0 Å². The van der Waals surface area contributed by atoms with E-state index in [9.17, 15) is 23.6 Å². The number of hydrogen-bond acceptors (Lipinski definition) is 6. The Balaban J connectivity index is 1.94. The van der Waals surface area contributed by atoms with Crippen molar-refractivity contribution in [3.63, 3.8) is 0 Å². The summed E-state index contributed by atoms with van der Waals surface area (Å²) in [5.41, 5.74) is 1.51. The van der Waals surface area contributed by atoms with Gasteiger partial charge >= 0.3 is 6.61 Å². The summed E-state index contributed by atoms with van der Waals surface area (Å²) in [4.78, 5) is 28.3. The number of alkyl halides is 2. The number of benzene rings is 2. The quantitative estimate of drug-likeness (QED) is 0.508. The molecule has 186 valence electrons. The van der Waals surface area contributed by atoms with Crippen LogP contribution in [0, 0.1) is 18.3 Å². The minimum atomic E-state index is -3.01. The Morgan fingerprint density at radius 2 is 1.83 bits per heavy atom. The average Bonchev–Trinajstić information content (AvgIpc) is 3.50. The largest absolute Gasteiger partial charge is 0.493 e. The summed E-state index contributed by atoms with van der Waals surface area (Å²) < 4.78 is 36.8. The number of rotatable bonds is 6. The lowest BCUT2D eigenvalue weighted by molar-refractivity contribution is -0.123. The maximum Gasteiger partial charge on any atom is 0.387 e. The lowest BCUT2D eigenvalue weighted by Gasteiger charge is -2.14. The normalized spacial score (nSPS) is 14.7. The Bertz CT molecular complexity index is 1500. The van der Waals surface area contributed by atoms with Crippen molar-refractivity contribution in [2.75, 3.05) is 20.2 Å². The van der Waals surface area contributed by atoms with Crippen LogP contribution in [0.2, 0.25) is 0 Å². The molecule has 3 aromatic rings. The van der Waals surface area contributed by atoms with Crippen molar-refractivity contribution in [1.82, 2.24) is 9.47 Å². The maximum absolute atomic E-state index is 13.6. The number of carbonyl (C=O) groups excluding carboxylic acids is 1. The van der Waals surface area contributed by atoms with Crippen molar-refractivity contribution in [2.45, 2.75) is 26.4 Å². The molecule has 2 heterocycles. The van der Waals surface area contributed by atoms with E-state index in [0.29, 0.717) is 24.3 Å². The molecule has 2 aromatic carbocycles. The second-order valence-corrected chi connectivity index (χ2v) is 9.20.